The molecule has 0 aliphatic rings. The normalized spacial score (nSPS) is 11.4. The lowest BCUT2D eigenvalue weighted by molar-refractivity contribution is 0.380. The highest BCUT2D eigenvalue weighted by atomic mass is 32.2. The van der Waals surface area contributed by atoms with Crippen molar-refractivity contribution in [2.45, 2.75) is 11.4 Å². The van der Waals surface area contributed by atoms with Gasteiger partial charge in [-0.05, 0) is 12.1 Å². The van der Waals surface area contributed by atoms with Gasteiger partial charge in [-0.1, -0.05) is 5.16 Å². The maximum absolute atomic E-state index is 12.1. The van der Waals surface area contributed by atoms with Crippen LogP contribution in [0.4, 0.5) is 5.82 Å². The van der Waals surface area contributed by atoms with Gasteiger partial charge in [-0.25, -0.2) is 18.1 Å². The monoisotopic (exact) mass is 268 g/mol. The van der Waals surface area contributed by atoms with Gasteiger partial charge in [0.1, 0.15) is 10.7 Å². The standard InChI is InChI=1S/C10H12N4O3S/c1-11-10-9(3-2-5-12-10)18(15,16)14-7-8-4-6-13-17-8/h2-6,14H,7H2,1H3,(H,11,12). The number of nitrogens with one attached hydrogen (secondary N) is 2. The van der Waals surface area contributed by atoms with Crippen molar-refractivity contribution in [1.82, 2.24) is 14.9 Å². The van der Waals surface area contributed by atoms with Crippen molar-refractivity contribution in [1.29, 1.82) is 0 Å². The molecular formula is C10H12N4O3S. The number of pyridine rings is 1. The fourth-order valence-corrected chi connectivity index (χ4v) is 2.53. The third-order valence-corrected chi connectivity index (χ3v) is 3.66. The Labute approximate surface area is 104 Å². The average molecular weight is 268 g/mol. The summed E-state index contributed by atoms with van der Waals surface area (Å²) in [6.45, 7) is 0.0420. The van der Waals surface area contributed by atoms with Gasteiger partial charge >= 0.3 is 0 Å². The predicted octanol–water partition coefficient (Wildman–Crippen LogP) is 0.590. The highest BCUT2D eigenvalue weighted by Gasteiger charge is 2.18. The summed E-state index contributed by atoms with van der Waals surface area (Å²) in [5.74, 6) is 0.732. The number of hydrogen-bond donors (Lipinski definition) is 2. The van der Waals surface area contributed by atoms with E-state index >= 15 is 0 Å². The third-order valence-electron chi connectivity index (χ3n) is 2.22. The first kappa shape index (κ1) is 12.5. The number of hydrogen-bond acceptors (Lipinski definition) is 6. The maximum atomic E-state index is 12.1. The number of aromatic nitrogens is 2. The van der Waals surface area contributed by atoms with Gasteiger partial charge in [-0.2, -0.15) is 0 Å². The second-order valence-corrected chi connectivity index (χ2v) is 5.14. The van der Waals surface area contributed by atoms with E-state index in [1.165, 1.54) is 18.5 Å². The Morgan fingerprint density at radius 3 is 2.83 bits per heavy atom. The molecule has 0 fully saturated rings. The number of nitrogens with zero attached hydrogens (tertiary/aromatic N) is 2. The minimum absolute atomic E-state index is 0.0420. The van der Waals surface area contributed by atoms with E-state index in [0.29, 0.717) is 11.6 Å². The van der Waals surface area contributed by atoms with Crippen LogP contribution in [-0.4, -0.2) is 25.6 Å². The van der Waals surface area contributed by atoms with E-state index in [9.17, 15) is 8.42 Å². The fourth-order valence-electron chi connectivity index (χ4n) is 1.37. The quantitative estimate of drug-likeness (QED) is 0.823. The van der Waals surface area contributed by atoms with Gasteiger partial charge in [0.25, 0.3) is 0 Å². The Bertz CT molecular complexity index is 610. The maximum Gasteiger partial charge on any atom is 0.244 e. The van der Waals surface area contributed by atoms with Crippen LogP contribution in [0.15, 0.2) is 40.0 Å². The van der Waals surface area contributed by atoms with E-state index in [4.69, 9.17) is 4.52 Å². The third kappa shape index (κ3) is 2.66. The zero-order valence-corrected chi connectivity index (χ0v) is 10.4. The Morgan fingerprint density at radius 2 is 2.17 bits per heavy atom. The average Bonchev–Trinajstić information content (AvgIpc) is 2.89. The van der Waals surface area contributed by atoms with Gasteiger partial charge < -0.3 is 9.84 Å². The van der Waals surface area contributed by atoms with E-state index < -0.39 is 10.0 Å². The first-order chi connectivity index (χ1) is 8.63. The minimum Gasteiger partial charge on any atom is -0.372 e. The van der Waals surface area contributed by atoms with Crippen LogP contribution in [-0.2, 0) is 16.6 Å². The Morgan fingerprint density at radius 1 is 1.33 bits per heavy atom. The molecular weight excluding hydrogens is 256 g/mol. The smallest absolute Gasteiger partial charge is 0.244 e. The Balaban J connectivity index is 2.20. The largest absolute Gasteiger partial charge is 0.372 e. The van der Waals surface area contributed by atoms with Crippen LogP contribution in [0.1, 0.15) is 5.76 Å². The molecule has 0 aliphatic carbocycles. The summed E-state index contributed by atoms with van der Waals surface area (Å²) in [5, 5.41) is 6.22. The number of sulfonamides is 1. The topological polar surface area (TPSA) is 97.1 Å². The molecule has 0 bridgehead atoms. The molecule has 0 saturated heterocycles. The second-order valence-electron chi connectivity index (χ2n) is 3.40. The van der Waals surface area contributed by atoms with Crippen molar-refractivity contribution < 1.29 is 12.9 Å². The first-order valence-corrected chi connectivity index (χ1v) is 6.64. The lowest BCUT2D eigenvalue weighted by atomic mass is 10.5. The first-order valence-electron chi connectivity index (χ1n) is 5.15. The summed E-state index contributed by atoms with van der Waals surface area (Å²) in [6, 6.07) is 4.62. The van der Waals surface area contributed by atoms with Crippen LogP contribution in [0.25, 0.3) is 0 Å². The highest BCUT2D eigenvalue weighted by molar-refractivity contribution is 7.89. The SMILES string of the molecule is CNc1ncccc1S(=O)(=O)NCc1ccno1. The van der Waals surface area contributed by atoms with Gasteiger partial charge in [0.15, 0.2) is 5.76 Å². The molecule has 8 heteroatoms. The van der Waals surface area contributed by atoms with E-state index in [-0.39, 0.29) is 11.4 Å². The zero-order chi connectivity index (χ0) is 13.0. The van der Waals surface area contributed by atoms with Crippen molar-refractivity contribution in [2.24, 2.45) is 0 Å². The number of anilines is 1. The van der Waals surface area contributed by atoms with Crippen molar-refractivity contribution in [2.75, 3.05) is 12.4 Å². The summed E-state index contributed by atoms with van der Waals surface area (Å²) in [5.41, 5.74) is 0. The van der Waals surface area contributed by atoms with Crippen LogP contribution < -0.4 is 10.0 Å². The van der Waals surface area contributed by atoms with Gasteiger partial charge in [-0.15, -0.1) is 0 Å². The van der Waals surface area contributed by atoms with E-state index in [1.54, 1.807) is 19.2 Å². The molecule has 7 nitrogen and oxygen atoms in total. The fraction of sp³-hybridized carbons (Fsp3) is 0.200. The molecule has 2 aromatic heterocycles. The molecule has 0 aliphatic heterocycles. The van der Waals surface area contributed by atoms with Crippen molar-refractivity contribution in [3.8, 4) is 0 Å². The van der Waals surface area contributed by atoms with Crippen LogP contribution in [0.3, 0.4) is 0 Å². The Hall–Kier alpha value is -1.93. The van der Waals surface area contributed by atoms with Gasteiger partial charge in [0.2, 0.25) is 10.0 Å². The predicted molar refractivity (Wildman–Crippen MR) is 64.3 cm³/mol. The molecule has 0 saturated carbocycles. The van der Waals surface area contributed by atoms with Crippen LogP contribution in [0.2, 0.25) is 0 Å². The molecule has 2 N–H and O–H groups in total. The van der Waals surface area contributed by atoms with E-state index in [1.807, 2.05) is 0 Å². The molecule has 96 valence electrons. The van der Waals surface area contributed by atoms with Gasteiger partial charge in [0.05, 0.1) is 12.7 Å². The molecule has 18 heavy (non-hydrogen) atoms. The molecule has 0 aromatic carbocycles. The minimum atomic E-state index is -3.64. The summed E-state index contributed by atoms with van der Waals surface area (Å²) in [7, 11) is -2.03. The van der Waals surface area contributed by atoms with Crippen LogP contribution in [0.5, 0.6) is 0 Å². The highest BCUT2D eigenvalue weighted by Crippen LogP contribution is 2.17. The molecule has 0 unspecified atom stereocenters. The molecule has 0 spiro atoms. The summed E-state index contributed by atoms with van der Waals surface area (Å²) in [6.07, 6.45) is 2.97. The molecule has 2 rings (SSSR count). The zero-order valence-electron chi connectivity index (χ0n) is 9.62. The Kier molecular flexibility index (Phi) is 3.58. The van der Waals surface area contributed by atoms with Gasteiger partial charge in [-0.3, -0.25) is 0 Å². The van der Waals surface area contributed by atoms with Crippen molar-refractivity contribution in [3.05, 3.63) is 36.4 Å². The molecule has 2 heterocycles. The van der Waals surface area contributed by atoms with Crippen LogP contribution in [0, 0.1) is 0 Å². The summed E-state index contributed by atoms with van der Waals surface area (Å²) in [4.78, 5) is 4.03. The molecule has 2 aromatic rings. The molecule has 0 amide bonds. The summed E-state index contributed by atoms with van der Waals surface area (Å²) < 4.78 is 31.3. The van der Waals surface area contributed by atoms with Crippen molar-refractivity contribution in [3.63, 3.8) is 0 Å². The lowest BCUT2D eigenvalue weighted by Gasteiger charge is -2.08. The molecule has 0 radical (unpaired) electrons. The van der Waals surface area contributed by atoms with E-state index in [0.717, 1.165) is 0 Å². The lowest BCUT2D eigenvalue weighted by Crippen LogP contribution is -2.24. The van der Waals surface area contributed by atoms with E-state index in [2.05, 4.69) is 20.2 Å². The summed E-state index contributed by atoms with van der Waals surface area (Å²) >= 11 is 0. The van der Waals surface area contributed by atoms with Gasteiger partial charge in [0, 0.05) is 19.3 Å². The second kappa shape index (κ2) is 5.15. The number of rotatable bonds is 5. The molecule has 0 atom stereocenters. The van der Waals surface area contributed by atoms with Crippen molar-refractivity contribution >= 4 is 15.8 Å². The van der Waals surface area contributed by atoms with Crippen LogP contribution >= 0.6 is 0 Å².